The Bertz CT molecular complexity index is 340. The second-order valence-electron chi connectivity index (χ2n) is 2.58. The van der Waals surface area contributed by atoms with E-state index >= 15 is 0 Å². The van der Waals surface area contributed by atoms with Crippen molar-refractivity contribution in [1.82, 2.24) is 0 Å². The summed E-state index contributed by atoms with van der Waals surface area (Å²) < 4.78 is 22.5. The number of rotatable bonds is 1. The van der Waals surface area contributed by atoms with Crippen LogP contribution >= 0.6 is 11.3 Å². The summed E-state index contributed by atoms with van der Waals surface area (Å²) in [6.45, 7) is 3.84. The summed E-state index contributed by atoms with van der Waals surface area (Å²) in [5.41, 5.74) is 1.05. The Hall–Kier alpha value is -0.350. The quantitative estimate of drug-likeness (QED) is 0.676. The van der Waals surface area contributed by atoms with Crippen LogP contribution in [0.4, 0.5) is 0 Å². The van der Waals surface area contributed by atoms with E-state index in [9.17, 15) is 8.42 Å². The molecule has 0 aliphatic carbocycles. The molecule has 0 saturated heterocycles. The first-order valence-corrected chi connectivity index (χ1v) is 5.89. The van der Waals surface area contributed by atoms with Crippen molar-refractivity contribution in [2.45, 2.75) is 18.1 Å². The average molecular weight is 190 g/mol. The van der Waals surface area contributed by atoms with E-state index in [1.165, 1.54) is 17.6 Å². The highest BCUT2D eigenvalue weighted by molar-refractivity contribution is 7.92. The number of thiophene rings is 1. The van der Waals surface area contributed by atoms with Gasteiger partial charge >= 0.3 is 0 Å². The molecule has 0 atom stereocenters. The summed E-state index contributed by atoms with van der Waals surface area (Å²) in [4.78, 5) is 1.07. The number of hydrogen-bond acceptors (Lipinski definition) is 3. The summed E-state index contributed by atoms with van der Waals surface area (Å²) in [7, 11) is -2.99. The van der Waals surface area contributed by atoms with Gasteiger partial charge in [-0.15, -0.1) is 11.3 Å². The maximum Gasteiger partial charge on any atom is 0.184 e. The molecular weight excluding hydrogens is 180 g/mol. The van der Waals surface area contributed by atoms with Crippen molar-refractivity contribution < 1.29 is 8.42 Å². The van der Waals surface area contributed by atoms with Crippen molar-refractivity contribution in [3.8, 4) is 0 Å². The van der Waals surface area contributed by atoms with Gasteiger partial charge in [0, 0.05) is 11.1 Å². The van der Waals surface area contributed by atoms with Crippen LogP contribution in [0.3, 0.4) is 0 Å². The Morgan fingerprint density at radius 1 is 1.36 bits per heavy atom. The van der Waals surface area contributed by atoms with Crippen molar-refractivity contribution in [2.24, 2.45) is 0 Å². The predicted molar refractivity (Wildman–Crippen MR) is 46.9 cm³/mol. The third-order valence-corrected chi connectivity index (χ3v) is 4.46. The molecule has 0 spiro atoms. The Kier molecular flexibility index (Phi) is 2.07. The Morgan fingerprint density at radius 3 is 2.09 bits per heavy atom. The maximum absolute atomic E-state index is 11.0. The molecular formula is C7H10O2S2. The maximum atomic E-state index is 11.0. The molecule has 0 aromatic carbocycles. The van der Waals surface area contributed by atoms with Crippen LogP contribution in [0.2, 0.25) is 0 Å². The number of sulfone groups is 1. The largest absolute Gasteiger partial charge is 0.223 e. The van der Waals surface area contributed by atoms with E-state index < -0.39 is 9.84 Å². The predicted octanol–water partition coefficient (Wildman–Crippen LogP) is 1.77. The van der Waals surface area contributed by atoms with Crippen molar-refractivity contribution >= 4 is 21.2 Å². The van der Waals surface area contributed by atoms with Gasteiger partial charge in [0.05, 0.1) is 0 Å². The van der Waals surface area contributed by atoms with E-state index in [2.05, 4.69) is 0 Å². The lowest BCUT2D eigenvalue weighted by Gasteiger charge is -1.87. The second kappa shape index (κ2) is 2.60. The van der Waals surface area contributed by atoms with Crippen LogP contribution < -0.4 is 0 Å². The number of aryl methyl sites for hydroxylation is 2. The zero-order chi connectivity index (χ0) is 8.65. The molecule has 0 unspecified atom stereocenters. The lowest BCUT2D eigenvalue weighted by atomic mass is 10.3. The fraction of sp³-hybridized carbons (Fsp3) is 0.429. The minimum atomic E-state index is -2.99. The molecule has 2 nitrogen and oxygen atoms in total. The molecule has 0 saturated carbocycles. The molecule has 0 N–H and O–H groups in total. The minimum Gasteiger partial charge on any atom is -0.223 e. The molecule has 1 aromatic heterocycles. The Morgan fingerprint density at radius 2 is 1.91 bits per heavy atom. The minimum absolute atomic E-state index is 0.465. The molecule has 62 valence electrons. The lowest BCUT2D eigenvalue weighted by Crippen LogP contribution is -1.91. The van der Waals surface area contributed by atoms with Gasteiger partial charge in [-0.25, -0.2) is 8.42 Å². The van der Waals surface area contributed by atoms with Crippen molar-refractivity contribution in [3.05, 3.63) is 16.5 Å². The zero-order valence-electron chi connectivity index (χ0n) is 6.71. The van der Waals surface area contributed by atoms with Gasteiger partial charge in [0.15, 0.2) is 9.84 Å². The van der Waals surface area contributed by atoms with Gasteiger partial charge in [-0.05, 0) is 25.5 Å². The van der Waals surface area contributed by atoms with E-state index in [1.54, 1.807) is 6.07 Å². The topological polar surface area (TPSA) is 34.1 Å². The normalized spacial score (nSPS) is 11.9. The Balaban J connectivity index is 3.29. The summed E-state index contributed by atoms with van der Waals surface area (Å²) in [5, 5.41) is 0. The summed E-state index contributed by atoms with van der Waals surface area (Å²) in [5.74, 6) is 0. The average Bonchev–Trinajstić information content (AvgIpc) is 2.11. The molecule has 0 radical (unpaired) electrons. The molecule has 11 heavy (non-hydrogen) atoms. The highest BCUT2D eigenvalue weighted by atomic mass is 32.2. The van der Waals surface area contributed by atoms with Crippen molar-refractivity contribution in [3.63, 3.8) is 0 Å². The molecule has 1 heterocycles. The van der Waals surface area contributed by atoms with Gasteiger partial charge in [0.1, 0.15) is 4.21 Å². The van der Waals surface area contributed by atoms with Gasteiger partial charge in [0.25, 0.3) is 0 Å². The highest BCUT2D eigenvalue weighted by Crippen LogP contribution is 2.24. The van der Waals surface area contributed by atoms with Crippen LogP contribution in [0.5, 0.6) is 0 Å². The molecule has 0 aliphatic rings. The van der Waals surface area contributed by atoms with Crippen LogP contribution in [-0.2, 0) is 9.84 Å². The van der Waals surface area contributed by atoms with Crippen molar-refractivity contribution in [2.75, 3.05) is 6.26 Å². The van der Waals surface area contributed by atoms with Gasteiger partial charge in [-0.2, -0.15) is 0 Å². The molecule has 1 rings (SSSR count). The van der Waals surface area contributed by atoms with E-state index in [1.807, 2.05) is 13.8 Å². The van der Waals surface area contributed by atoms with E-state index in [0.29, 0.717) is 4.21 Å². The Labute approximate surface area is 70.8 Å². The molecule has 0 amide bonds. The SMILES string of the molecule is Cc1cc(S(C)(=O)=O)sc1C. The molecule has 1 aromatic rings. The fourth-order valence-corrected chi connectivity index (χ4v) is 2.85. The first-order chi connectivity index (χ1) is 4.91. The van der Waals surface area contributed by atoms with E-state index in [-0.39, 0.29) is 0 Å². The number of hydrogen-bond donors (Lipinski definition) is 0. The third-order valence-electron chi connectivity index (χ3n) is 1.51. The van der Waals surface area contributed by atoms with Gasteiger partial charge in [0.2, 0.25) is 0 Å². The fourth-order valence-electron chi connectivity index (χ4n) is 0.722. The monoisotopic (exact) mass is 190 g/mol. The smallest absolute Gasteiger partial charge is 0.184 e. The molecule has 4 heteroatoms. The highest BCUT2D eigenvalue weighted by Gasteiger charge is 2.10. The van der Waals surface area contributed by atoms with Gasteiger partial charge in [-0.1, -0.05) is 0 Å². The van der Waals surface area contributed by atoms with Crippen LogP contribution in [0.25, 0.3) is 0 Å². The van der Waals surface area contributed by atoms with Gasteiger partial charge in [-0.3, -0.25) is 0 Å². The van der Waals surface area contributed by atoms with E-state index in [0.717, 1.165) is 10.4 Å². The summed E-state index contributed by atoms with van der Waals surface area (Å²) >= 11 is 1.33. The van der Waals surface area contributed by atoms with Gasteiger partial charge < -0.3 is 0 Å². The van der Waals surface area contributed by atoms with Crippen LogP contribution in [-0.4, -0.2) is 14.7 Å². The first-order valence-electron chi connectivity index (χ1n) is 3.18. The first kappa shape index (κ1) is 8.74. The molecule has 0 aliphatic heterocycles. The zero-order valence-corrected chi connectivity index (χ0v) is 8.34. The van der Waals surface area contributed by atoms with Crippen LogP contribution in [0, 0.1) is 13.8 Å². The van der Waals surface area contributed by atoms with Crippen molar-refractivity contribution in [1.29, 1.82) is 0 Å². The van der Waals surface area contributed by atoms with Crippen LogP contribution in [0.1, 0.15) is 10.4 Å². The lowest BCUT2D eigenvalue weighted by molar-refractivity contribution is 0.604. The van der Waals surface area contributed by atoms with Crippen LogP contribution in [0.15, 0.2) is 10.3 Å². The third kappa shape index (κ3) is 1.81. The summed E-state index contributed by atoms with van der Waals surface area (Å²) in [6.07, 6.45) is 1.23. The molecule has 0 bridgehead atoms. The standard InChI is InChI=1S/C7H10O2S2/c1-5-4-7(10-6(5)2)11(3,8)9/h4H,1-3H3. The molecule has 0 fully saturated rings. The summed E-state index contributed by atoms with van der Waals surface area (Å²) in [6, 6.07) is 1.72. The van der Waals surface area contributed by atoms with E-state index in [4.69, 9.17) is 0 Å². The second-order valence-corrected chi connectivity index (χ2v) is 6.08.